The summed E-state index contributed by atoms with van der Waals surface area (Å²) in [6, 6.07) is 7.71. The van der Waals surface area contributed by atoms with E-state index < -0.39 is 11.6 Å². The number of carboxylic acids is 1. The number of aromatic nitrogens is 6. The van der Waals surface area contributed by atoms with Gasteiger partial charge in [-0.25, -0.2) is 0 Å². The molecule has 12 nitrogen and oxygen atoms in total. The van der Waals surface area contributed by atoms with Crippen molar-refractivity contribution in [3.8, 4) is 0 Å². The molecule has 56 heavy (non-hydrogen) atoms. The molecule has 0 amide bonds. The van der Waals surface area contributed by atoms with E-state index in [2.05, 4.69) is 30.2 Å². The van der Waals surface area contributed by atoms with E-state index >= 15 is 0 Å². The van der Waals surface area contributed by atoms with E-state index in [9.17, 15) is 14.7 Å². The molecule has 2 aliphatic carbocycles. The summed E-state index contributed by atoms with van der Waals surface area (Å²) in [7, 11) is 0. The van der Waals surface area contributed by atoms with Crippen LogP contribution in [0.5, 0.6) is 0 Å². The Hall–Kier alpha value is -4.48. The number of aliphatic carboxylic acids is 1. The Balaban J connectivity index is 0.000000216. The lowest BCUT2D eigenvalue weighted by Crippen LogP contribution is -2.25. The molecular formula is C44H62N6O6. The van der Waals surface area contributed by atoms with Crippen LogP contribution in [0.25, 0.3) is 0 Å². The summed E-state index contributed by atoms with van der Waals surface area (Å²) in [5, 5.41) is 17.4. The van der Waals surface area contributed by atoms with Crippen molar-refractivity contribution in [3.63, 3.8) is 0 Å². The number of rotatable bonds is 18. The number of carboxylic acid groups (broad SMARTS) is 1. The molecule has 12 heteroatoms. The zero-order chi connectivity index (χ0) is 39.6. The monoisotopic (exact) mass is 770 g/mol. The number of carbonyl (C=O) groups is 2. The van der Waals surface area contributed by atoms with E-state index in [0.717, 1.165) is 48.6 Å². The maximum atomic E-state index is 12.5. The number of esters is 1. The first kappa shape index (κ1) is 42.7. The zero-order valence-electron chi connectivity index (χ0n) is 33.7. The van der Waals surface area contributed by atoms with Crippen molar-refractivity contribution in [1.82, 2.24) is 30.2 Å². The molecule has 2 fully saturated rings. The average molecular weight is 771 g/mol. The van der Waals surface area contributed by atoms with Crippen LogP contribution < -0.4 is 0 Å². The van der Waals surface area contributed by atoms with Crippen LogP contribution >= 0.6 is 0 Å². The van der Waals surface area contributed by atoms with Gasteiger partial charge in [-0.05, 0) is 80.8 Å². The van der Waals surface area contributed by atoms with Crippen molar-refractivity contribution in [2.45, 2.75) is 167 Å². The fraction of sp³-hybridized carbons (Fsp3) is 0.636. The van der Waals surface area contributed by atoms with Crippen molar-refractivity contribution in [3.05, 3.63) is 83.6 Å². The quantitative estimate of drug-likeness (QED) is 0.0953. The molecule has 4 aromatic heterocycles. The van der Waals surface area contributed by atoms with Crippen LogP contribution in [-0.4, -0.2) is 52.9 Å². The fourth-order valence-electron chi connectivity index (χ4n) is 8.05. The minimum Gasteiger partial charge on any atom is -0.481 e. The summed E-state index contributed by atoms with van der Waals surface area (Å²) < 4.78 is 16.5. The Morgan fingerprint density at radius 2 is 1.12 bits per heavy atom. The molecule has 0 aliphatic heterocycles. The zero-order valence-corrected chi connectivity index (χ0v) is 33.7. The van der Waals surface area contributed by atoms with Gasteiger partial charge < -0.3 is 18.9 Å². The first-order valence-corrected chi connectivity index (χ1v) is 21.0. The maximum Gasteiger partial charge on any atom is 0.307 e. The van der Waals surface area contributed by atoms with Crippen LogP contribution in [-0.2, 0) is 27.2 Å². The Kier molecular flexibility index (Phi) is 17.0. The van der Waals surface area contributed by atoms with Gasteiger partial charge in [0.25, 0.3) is 0 Å². The largest absolute Gasteiger partial charge is 0.481 e. The fourth-order valence-corrected chi connectivity index (χ4v) is 8.05. The van der Waals surface area contributed by atoms with E-state index in [1.807, 2.05) is 45.0 Å². The van der Waals surface area contributed by atoms with Gasteiger partial charge in [-0.3, -0.25) is 19.6 Å². The van der Waals surface area contributed by atoms with Crippen LogP contribution in [0.4, 0.5) is 0 Å². The summed E-state index contributed by atoms with van der Waals surface area (Å²) in [4.78, 5) is 40.8. The minimum atomic E-state index is -0.818. The Labute approximate surface area is 332 Å². The standard InChI is InChI=1S/C24H35N3O3.C20H27N3O3/c1-24(2,3)29-22(28)17-20(11-7-10-18-8-5-4-6-9-18)23-26-21(27-30-23)16-19-12-14-25-15-13-19;24-19(25)14-17(8-4-7-15-5-2-1-3-6-15)20-22-18(23-26-20)13-16-9-11-21-12-10-16/h12-15,18,20H,4-11,16-17H2,1-3H3;9-12,15,17H,1-8,13-14H2,(H,24,25)/t20-;17-/m11/s1. The summed E-state index contributed by atoms with van der Waals surface area (Å²) in [5.41, 5.74) is 1.64. The van der Waals surface area contributed by atoms with E-state index in [-0.39, 0.29) is 30.6 Å². The predicted octanol–water partition coefficient (Wildman–Crippen LogP) is 9.99. The van der Waals surface area contributed by atoms with E-state index in [1.165, 1.54) is 77.0 Å². The molecule has 0 bridgehead atoms. The molecule has 6 rings (SSSR count). The lowest BCUT2D eigenvalue weighted by Gasteiger charge is -2.23. The molecular weight excluding hydrogens is 709 g/mol. The minimum absolute atomic E-state index is 0.0432. The third-order valence-electron chi connectivity index (χ3n) is 10.9. The van der Waals surface area contributed by atoms with Crippen molar-refractivity contribution in [2.24, 2.45) is 11.8 Å². The van der Waals surface area contributed by atoms with Gasteiger partial charge in [-0.1, -0.05) is 100 Å². The molecule has 0 aromatic carbocycles. The number of nitrogens with zero attached hydrogens (tertiary/aromatic N) is 6. The molecule has 2 aliphatic rings. The second kappa shape index (κ2) is 22.3. The molecule has 2 atom stereocenters. The number of hydrogen-bond donors (Lipinski definition) is 1. The third kappa shape index (κ3) is 15.6. The highest BCUT2D eigenvalue weighted by molar-refractivity contribution is 5.70. The first-order valence-electron chi connectivity index (χ1n) is 21.0. The Bertz CT molecular complexity index is 1710. The van der Waals surface area contributed by atoms with Crippen LogP contribution in [0, 0.1) is 11.8 Å². The van der Waals surface area contributed by atoms with Gasteiger partial charge in [0.2, 0.25) is 11.8 Å². The van der Waals surface area contributed by atoms with Crippen LogP contribution in [0.1, 0.15) is 183 Å². The van der Waals surface area contributed by atoms with Crippen molar-refractivity contribution >= 4 is 11.9 Å². The Morgan fingerprint density at radius 3 is 1.54 bits per heavy atom. The summed E-state index contributed by atoms with van der Waals surface area (Å²) in [6.07, 6.45) is 28.0. The predicted molar refractivity (Wildman–Crippen MR) is 212 cm³/mol. The third-order valence-corrected chi connectivity index (χ3v) is 10.9. The van der Waals surface area contributed by atoms with E-state index in [0.29, 0.717) is 36.3 Å². The summed E-state index contributed by atoms with van der Waals surface area (Å²) in [5.74, 6) is 2.54. The van der Waals surface area contributed by atoms with Gasteiger partial charge in [0.15, 0.2) is 11.6 Å². The average Bonchev–Trinajstić information content (AvgIpc) is 3.85. The van der Waals surface area contributed by atoms with Crippen LogP contribution in [0.15, 0.2) is 58.1 Å². The smallest absolute Gasteiger partial charge is 0.307 e. The first-order chi connectivity index (χ1) is 27.1. The second-order valence-corrected chi connectivity index (χ2v) is 16.8. The maximum absolute atomic E-state index is 12.5. The number of carbonyl (C=O) groups excluding carboxylic acids is 1. The summed E-state index contributed by atoms with van der Waals surface area (Å²) in [6.45, 7) is 5.67. The molecule has 304 valence electrons. The van der Waals surface area contributed by atoms with Gasteiger partial charge in [-0.15, -0.1) is 0 Å². The number of pyridine rings is 2. The van der Waals surface area contributed by atoms with Gasteiger partial charge in [0.1, 0.15) is 5.60 Å². The number of ether oxygens (including phenoxy) is 1. The second-order valence-electron chi connectivity index (χ2n) is 16.8. The SMILES string of the molecule is CC(C)(C)OC(=O)C[C@@H](CCCC1CCCCC1)c1nc(Cc2ccncc2)no1.O=C(O)C[C@@H](CCCC1CCCCC1)c1nc(Cc2ccncc2)no1. The molecule has 1 N–H and O–H groups in total. The molecule has 0 radical (unpaired) electrons. The van der Waals surface area contributed by atoms with Crippen molar-refractivity contribution in [2.75, 3.05) is 0 Å². The Morgan fingerprint density at radius 1 is 0.696 bits per heavy atom. The van der Waals surface area contributed by atoms with Crippen molar-refractivity contribution in [1.29, 1.82) is 0 Å². The lowest BCUT2D eigenvalue weighted by molar-refractivity contribution is -0.155. The van der Waals surface area contributed by atoms with Crippen molar-refractivity contribution < 1.29 is 28.5 Å². The normalized spacial score (nSPS) is 16.4. The molecule has 4 aromatic rings. The topological polar surface area (TPSA) is 167 Å². The highest BCUT2D eigenvalue weighted by atomic mass is 16.6. The molecule has 0 saturated heterocycles. The van der Waals surface area contributed by atoms with E-state index in [4.69, 9.17) is 13.8 Å². The van der Waals surface area contributed by atoms with Gasteiger partial charge in [0.05, 0.1) is 12.8 Å². The van der Waals surface area contributed by atoms with Crippen LogP contribution in [0.2, 0.25) is 0 Å². The lowest BCUT2D eigenvalue weighted by atomic mass is 9.84. The van der Waals surface area contributed by atoms with Gasteiger partial charge >= 0.3 is 11.9 Å². The van der Waals surface area contributed by atoms with Gasteiger partial charge in [0, 0.05) is 49.5 Å². The molecule has 0 spiro atoms. The van der Waals surface area contributed by atoms with Crippen LogP contribution in [0.3, 0.4) is 0 Å². The summed E-state index contributed by atoms with van der Waals surface area (Å²) >= 11 is 0. The number of hydrogen-bond acceptors (Lipinski definition) is 11. The molecule has 0 unspecified atom stereocenters. The van der Waals surface area contributed by atoms with E-state index in [1.54, 1.807) is 24.8 Å². The van der Waals surface area contributed by atoms with Gasteiger partial charge in [-0.2, -0.15) is 9.97 Å². The molecule has 2 saturated carbocycles. The highest BCUT2D eigenvalue weighted by Crippen LogP contribution is 2.33. The highest BCUT2D eigenvalue weighted by Gasteiger charge is 2.27. The molecule has 4 heterocycles.